The minimum atomic E-state index is -1.00. The Bertz CT molecular complexity index is 439. The third-order valence-electron chi connectivity index (χ3n) is 5.06. The number of hydrogen-bond acceptors (Lipinski definition) is 3. The van der Waals surface area contributed by atoms with Gasteiger partial charge in [0.2, 0.25) is 0 Å². The zero-order chi connectivity index (χ0) is 14.4. The summed E-state index contributed by atoms with van der Waals surface area (Å²) in [5.41, 5.74) is 0.973. The summed E-state index contributed by atoms with van der Waals surface area (Å²) < 4.78 is 0. The molecule has 3 aliphatic rings. The van der Waals surface area contributed by atoms with Crippen LogP contribution in [0.2, 0.25) is 0 Å². The van der Waals surface area contributed by atoms with Gasteiger partial charge in [0.15, 0.2) is 0 Å². The van der Waals surface area contributed by atoms with Crippen LogP contribution >= 0.6 is 0 Å². The van der Waals surface area contributed by atoms with Crippen molar-refractivity contribution < 1.29 is 20.1 Å². The summed E-state index contributed by atoms with van der Waals surface area (Å²) in [5.74, 6) is -0.363. The Morgan fingerprint density at radius 1 is 1.58 bits per heavy atom. The van der Waals surface area contributed by atoms with Crippen LogP contribution in [-0.2, 0) is 4.79 Å². The van der Waals surface area contributed by atoms with Crippen LogP contribution in [-0.4, -0.2) is 33.5 Å². The number of rotatable bonds is 4. The molecule has 0 heterocycles. The van der Waals surface area contributed by atoms with Gasteiger partial charge in [0.05, 0.1) is 12.2 Å². The first-order valence-corrected chi connectivity index (χ1v) is 6.72. The fourth-order valence-corrected chi connectivity index (χ4v) is 3.72. The maximum absolute atomic E-state index is 10.7. The van der Waals surface area contributed by atoms with E-state index in [0.29, 0.717) is 18.8 Å². The van der Waals surface area contributed by atoms with Crippen LogP contribution in [0.25, 0.3) is 0 Å². The lowest BCUT2D eigenvalue weighted by molar-refractivity contribution is -0.132. The lowest BCUT2D eigenvalue weighted by Gasteiger charge is -2.61. The summed E-state index contributed by atoms with van der Waals surface area (Å²) in [6.45, 7) is 7.56. The minimum absolute atomic E-state index is 0.0645. The van der Waals surface area contributed by atoms with Gasteiger partial charge in [0.1, 0.15) is 0 Å². The molecule has 0 aromatic heterocycles. The van der Waals surface area contributed by atoms with E-state index in [4.69, 9.17) is 5.11 Å². The average molecular weight is 266 g/mol. The van der Waals surface area contributed by atoms with E-state index in [1.165, 1.54) is 13.0 Å². The van der Waals surface area contributed by atoms with Crippen LogP contribution in [0, 0.1) is 17.3 Å². The standard InChI is InChI=1S/C15H22O4/c1-8(14(18)19)4-11(16)7-15(3)10-5-12(15)9(2)13(17)6-10/h4,10-13,16-17H,2,5-7H2,1,3H3,(H,18,19). The van der Waals surface area contributed by atoms with Crippen LogP contribution < -0.4 is 0 Å². The van der Waals surface area contributed by atoms with Gasteiger partial charge < -0.3 is 15.3 Å². The van der Waals surface area contributed by atoms with Crippen LogP contribution in [0.4, 0.5) is 0 Å². The molecule has 106 valence electrons. The molecule has 0 saturated heterocycles. The van der Waals surface area contributed by atoms with E-state index >= 15 is 0 Å². The van der Waals surface area contributed by atoms with Crippen molar-refractivity contribution >= 4 is 5.97 Å². The van der Waals surface area contributed by atoms with Gasteiger partial charge in [-0.2, -0.15) is 0 Å². The third kappa shape index (κ3) is 2.35. The molecule has 0 aromatic carbocycles. The van der Waals surface area contributed by atoms with Crippen LogP contribution in [0.1, 0.15) is 33.1 Å². The Hall–Kier alpha value is -1.13. The summed E-state index contributed by atoms with van der Waals surface area (Å²) in [7, 11) is 0. The van der Waals surface area contributed by atoms with Gasteiger partial charge in [-0.05, 0) is 55.1 Å². The molecule has 0 aliphatic heterocycles. The zero-order valence-electron chi connectivity index (χ0n) is 11.5. The van der Waals surface area contributed by atoms with Crippen molar-refractivity contribution in [3.8, 4) is 0 Å². The lowest BCUT2D eigenvalue weighted by Crippen LogP contribution is -2.56. The predicted molar refractivity (Wildman–Crippen MR) is 71.5 cm³/mol. The highest BCUT2D eigenvalue weighted by molar-refractivity contribution is 5.85. The van der Waals surface area contributed by atoms with Gasteiger partial charge >= 0.3 is 5.97 Å². The Balaban J connectivity index is 2.06. The largest absolute Gasteiger partial charge is 0.478 e. The molecule has 19 heavy (non-hydrogen) atoms. The summed E-state index contributed by atoms with van der Waals surface area (Å²) in [6, 6.07) is 0. The van der Waals surface area contributed by atoms with E-state index in [2.05, 4.69) is 13.5 Å². The maximum atomic E-state index is 10.7. The Morgan fingerprint density at radius 2 is 2.21 bits per heavy atom. The minimum Gasteiger partial charge on any atom is -0.478 e. The van der Waals surface area contributed by atoms with Crippen molar-refractivity contribution in [2.75, 3.05) is 0 Å². The molecule has 0 radical (unpaired) electrons. The highest BCUT2D eigenvalue weighted by Crippen LogP contribution is 2.63. The number of fused-ring (bicyclic) bond motifs is 2. The molecule has 0 spiro atoms. The molecule has 3 saturated carbocycles. The quantitative estimate of drug-likeness (QED) is 0.535. The zero-order valence-corrected chi connectivity index (χ0v) is 11.5. The second-order valence-electron chi connectivity index (χ2n) is 6.24. The van der Waals surface area contributed by atoms with E-state index in [9.17, 15) is 15.0 Å². The summed E-state index contributed by atoms with van der Waals surface area (Å²) >= 11 is 0. The van der Waals surface area contributed by atoms with Gasteiger partial charge in [0.25, 0.3) is 0 Å². The van der Waals surface area contributed by atoms with Crippen molar-refractivity contribution in [1.29, 1.82) is 0 Å². The molecule has 3 fully saturated rings. The van der Waals surface area contributed by atoms with Crippen LogP contribution in [0.5, 0.6) is 0 Å². The molecule has 4 heteroatoms. The highest BCUT2D eigenvalue weighted by atomic mass is 16.4. The van der Waals surface area contributed by atoms with Gasteiger partial charge in [-0.25, -0.2) is 4.79 Å². The Morgan fingerprint density at radius 3 is 2.74 bits per heavy atom. The molecule has 3 N–H and O–H groups in total. The van der Waals surface area contributed by atoms with Crippen molar-refractivity contribution in [2.24, 2.45) is 17.3 Å². The van der Waals surface area contributed by atoms with Gasteiger partial charge in [-0.3, -0.25) is 0 Å². The van der Waals surface area contributed by atoms with Crippen molar-refractivity contribution in [3.63, 3.8) is 0 Å². The first-order chi connectivity index (χ1) is 8.75. The normalized spacial score (nSPS) is 39.7. The number of carbonyl (C=O) groups is 1. The van der Waals surface area contributed by atoms with Gasteiger partial charge in [0, 0.05) is 5.57 Å². The predicted octanol–water partition coefficient (Wildman–Crippen LogP) is 1.73. The highest BCUT2D eigenvalue weighted by Gasteiger charge is 2.57. The van der Waals surface area contributed by atoms with E-state index in [0.717, 1.165) is 12.0 Å². The first kappa shape index (κ1) is 14.3. The van der Waals surface area contributed by atoms with E-state index in [-0.39, 0.29) is 16.9 Å². The van der Waals surface area contributed by atoms with E-state index in [1.807, 2.05) is 0 Å². The number of aliphatic hydroxyl groups excluding tert-OH is 2. The molecular formula is C15H22O4. The van der Waals surface area contributed by atoms with Crippen molar-refractivity contribution in [1.82, 2.24) is 0 Å². The molecule has 3 aliphatic carbocycles. The summed E-state index contributed by atoms with van der Waals surface area (Å²) in [4.78, 5) is 10.7. The SMILES string of the molecule is C=C1C(O)CC2CC1C2(C)CC(O)C=C(C)C(=O)O. The Labute approximate surface area is 113 Å². The molecule has 0 amide bonds. The molecule has 5 unspecified atom stereocenters. The first-order valence-electron chi connectivity index (χ1n) is 6.72. The second-order valence-corrected chi connectivity index (χ2v) is 6.24. The molecule has 0 aromatic rings. The molecule has 3 rings (SSSR count). The number of aliphatic carboxylic acids is 1. The monoisotopic (exact) mass is 266 g/mol. The molecule has 2 bridgehead atoms. The maximum Gasteiger partial charge on any atom is 0.331 e. The smallest absolute Gasteiger partial charge is 0.331 e. The van der Waals surface area contributed by atoms with Crippen LogP contribution in [0.15, 0.2) is 23.8 Å². The fourth-order valence-electron chi connectivity index (χ4n) is 3.72. The lowest BCUT2D eigenvalue weighted by atomic mass is 9.44. The second kappa shape index (κ2) is 4.76. The average Bonchev–Trinajstić information content (AvgIpc) is 2.31. The van der Waals surface area contributed by atoms with Gasteiger partial charge in [-0.15, -0.1) is 0 Å². The van der Waals surface area contributed by atoms with Crippen molar-refractivity contribution in [3.05, 3.63) is 23.8 Å². The number of carboxylic acid groups (broad SMARTS) is 1. The topological polar surface area (TPSA) is 77.8 Å². The fraction of sp³-hybridized carbons (Fsp3) is 0.667. The van der Waals surface area contributed by atoms with Gasteiger partial charge in [-0.1, -0.05) is 13.5 Å². The Kier molecular flexibility index (Phi) is 3.58. The van der Waals surface area contributed by atoms with Crippen molar-refractivity contribution in [2.45, 2.75) is 45.3 Å². The number of carboxylic acids is 1. The third-order valence-corrected chi connectivity index (χ3v) is 5.06. The number of aliphatic hydroxyl groups is 2. The molecule has 5 atom stereocenters. The molecule has 4 nitrogen and oxygen atoms in total. The molecular weight excluding hydrogens is 244 g/mol. The summed E-state index contributed by atoms with van der Waals surface area (Å²) in [5, 5.41) is 28.7. The van der Waals surface area contributed by atoms with E-state index < -0.39 is 18.2 Å². The number of hydrogen-bond donors (Lipinski definition) is 3. The van der Waals surface area contributed by atoms with Crippen LogP contribution in [0.3, 0.4) is 0 Å². The summed E-state index contributed by atoms with van der Waals surface area (Å²) in [6.07, 6.45) is 2.50. The van der Waals surface area contributed by atoms with E-state index in [1.54, 1.807) is 0 Å².